The number of hydrogen-bond donors (Lipinski definition) is 2. The van der Waals surface area contributed by atoms with Gasteiger partial charge in [-0.05, 0) is 22.8 Å². The van der Waals surface area contributed by atoms with Crippen molar-refractivity contribution in [2.45, 2.75) is 6.17 Å². The average molecular weight is 345 g/mol. The summed E-state index contributed by atoms with van der Waals surface area (Å²) in [6, 6.07) is 22.2. The van der Waals surface area contributed by atoms with Crippen molar-refractivity contribution < 1.29 is 9.72 Å². The van der Waals surface area contributed by atoms with Crippen LogP contribution >= 0.6 is 0 Å². The van der Waals surface area contributed by atoms with Crippen molar-refractivity contribution >= 4 is 17.3 Å². The van der Waals surface area contributed by atoms with Crippen molar-refractivity contribution in [3.05, 3.63) is 94.0 Å². The van der Waals surface area contributed by atoms with Gasteiger partial charge in [0.15, 0.2) is 0 Å². The molecule has 1 heterocycles. The van der Waals surface area contributed by atoms with E-state index in [9.17, 15) is 14.9 Å². The predicted octanol–water partition coefficient (Wildman–Crippen LogP) is 4.12. The largest absolute Gasteiger partial charge is 0.361 e. The average Bonchev–Trinajstić information content (AvgIpc) is 2.68. The first-order chi connectivity index (χ1) is 12.6. The first-order valence-electron chi connectivity index (χ1n) is 8.13. The molecule has 1 aliphatic heterocycles. The topological polar surface area (TPSA) is 84.3 Å². The summed E-state index contributed by atoms with van der Waals surface area (Å²) in [6.45, 7) is 0. The van der Waals surface area contributed by atoms with Crippen LogP contribution in [-0.4, -0.2) is 10.8 Å². The van der Waals surface area contributed by atoms with E-state index in [1.807, 2.05) is 54.6 Å². The van der Waals surface area contributed by atoms with E-state index < -0.39 is 4.92 Å². The first-order valence-corrected chi connectivity index (χ1v) is 8.13. The number of hydrogen-bond acceptors (Lipinski definition) is 4. The van der Waals surface area contributed by atoms with Gasteiger partial charge < -0.3 is 10.6 Å². The number of anilines is 1. The monoisotopic (exact) mass is 345 g/mol. The molecule has 0 radical (unpaired) electrons. The minimum Gasteiger partial charge on any atom is -0.361 e. The van der Waals surface area contributed by atoms with E-state index in [1.165, 1.54) is 12.1 Å². The van der Waals surface area contributed by atoms with Gasteiger partial charge in [-0.3, -0.25) is 14.9 Å². The predicted molar refractivity (Wildman–Crippen MR) is 98.8 cm³/mol. The van der Waals surface area contributed by atoms with Gasteiger partial charge in [-0.2, -0.15) is 0 Å². The minimum absolute atomic E-state index is 0.105. The highest BCUT2D eigenvalue weighted by molar-refractivity contribution is 6.02. The molecule has 6 heteroatoms. The van der Waals surface area contributed by atoms with E-state index in [-0.39, 0.29) is 23.3 Å². The maximum Gasteiger partial charge on any atom is 0.270 e. The Labute approximate surface area is 149 Å². The van der Waals surface area contributed by atoms with Crippen molar-refractivity contribution in [1.29, 1.82) is 0 Å². The Morgan fingerprint density at radius 1 is 0.846 bits per heavy atom. The molecule has 0 saturated heterocycles. The molecule has 0 aromatic heterocycles. The summed E-state index contributed by atoms with van der Waals surface area (Å²) in [7, 11) is 0. The molecule has 0 fully saturated rings. The molecule has 0 spiro atoms. The van der Waals surface area contributed by atoms with Gasteiger partial charge in [0.2, 0.25) is 0 Å². The van der Waals surface area contributed by atoms with E-state index in [2.05, 4.69) is 10.6 Å². The lowest BCUT2D eigenvalue weighted by molar-refractivity contribution is -0.384. The molecule has 0 saturated carbocycles. The van der Waals surface area contributed by atoms with Crippen LogP contribution in [0.25, 0.3) is 11.1 Å². The number of nitrogens with one attached hydrogen (secondary N) is 2. The van der Waals surface area contributed by atoms with Gasteiger partial charge in [-0.25, -0.2) is 0 Å². The smallest absolute Gasteiger partial charge is 0.270 e. The Hall–Kier alpha value is -3.67. The highest BCUT2D eigenvalue weighted by Gasteiger charge is 2.26. The maximum absolute atomic E-state index is 12.4. The third-order valence-corrected chi connectivity index (χ3v) is 4.39. The van der Waals surface area contributed by atoms with Crippen LogP contribution in [0.2, 0.25) is 0 Å². The van der Waals surface area contributed by atoms with Crippen LogP contribution in [-0.2, 0) is 0 Å². The van der Waals surface area contributed by atoms with E-state index >= 15 is 0 Å². The standard InChI is InChI=1S/C20H15N3O3/c24-20-17-12-16(23(25)26)10-11-18(17)21-19(22-20)15-8-6-14(7-9-15)13-4-2-1-3-5-13/h1-12,19,21H,(H,22,24). The summed E-state index contributed by atoms with van der Waals surface area (Å²) in [5.41, 5.74) is 3.87. The number of carbonyl (C=O) groups excluding carboxylic acids is 1. The zero-order chi connectivity index (χ0) is 18.1. The number of nitrogens with zero attached hydrogens (tertiary/aromatic N) is 1. The van der Waals surface area contributed by atoms with Gasteiger partial charge >= 0.3 is 0 Å². The lowest BCUT2D eigenvalue weighted by Crippen LogP contribution is -2.38. The summed E-state index contributed by atoms with van der Waals surface area (Å²) < 4.78 is 0. The Kier molecular flexibility index (Phi) is 3.85. The van der Waals surface area contributed by atoms with E-state index in [1.54, 1.807) is 6.07 Å². The van der Waals surface area contributed by atoms with Gasteiger partial charge in [0, 0.05) is 17.8 Å². The number of nitro benzene ring substituents is 1. The number of amides is 1. The van der Waals surface area contributed by atoms with Crippen molar-refractivity contribution in [3.8, 4) is 11.1 Å². The Morgan fingerprint density at radius 3 is 2.23 bits per heavy atom. The van der Waals surface area contributed by atoms with Gasteiger partial charge in [-0.15, -0.1) is 0 Å². The second-order valence-electron chi connectivity index (χ2n) is 6.03. The molecule has 1 atom stereocenters. The molecule has 0 aliphatic carbocycles. The zero-order valence-corrected chi connectivity index (χ0v) is 13.7. The molecule has 1 aliphatic rings. The molecular formula is C20H15N3O3. The van der Waals surface area contributed by atoms with Gasteiger partial charge in [-0.1, -0.05) is 54.6 Å². The number of rotatable bonds is 3. The highest BCUT2D eigenvalue weighted by atomic mass is 16.6. The zero-order valence-electron chi connectivity index (χ0n) is 13.7. The number of carbonyl (C=O) groups is 1. The van der Waals surface area contributed by atoms with E-state index in [0.29, 0.717) is 5.69 Å². The van der Waals surface area contributed by atoms with Crippen LogP contribution in [0.3, 0.4) is 0 Å². The van der Waals surface area contributed by atoms with Crippen LogP contribution < -0.4 is 10.6 Å². The quantitative estimate of drug-likeness (QED) is 0.552. The fraction of sp³-hybridized carbons (Fsp3) is 0.0500. The fourth-order valence-corrected chi connectivity index (χ4v) is 3.03. The molecule has 2 N–H and O–H groups in total. The van der Waals surface area contributed by atoms with Crippen LogP contribution in [0.1, 0.15) is 22.1 Å². The summed E-state index contributed by atoms with van der Waals surface area (Å²) in [6.07, 6.45) is -0.388. The summed E-state index contributed by atoms with van der Waals surface area (Å²) in [5, 5.41) is 16.9. The SMILES string of the molecule is O=C1NC(c2ccc(-c3ccccc3)cc2)Nc2ccc([N+](=O)[O-])cc21. The molecule has 3 aromatic rings. The number of fused-ring (bicyclic) bond motifs is 1. The second kappa shape index (κ2) is 6.33. The highest BCUT2D eigenvalue weighted by Crippen LogP contribution is 2.30. The summed E-state index contributed by atoms with van der Waals surface area (Å²) in [4.78, 5) is 22.7. The van der Waals surface area contributed by atoms with Crippen molar-refractivity contribution in [3.63, 3.8) is 0 Å². The van der Waals surface area contributed by atoms with Crippen LogP contribution in [0, 0.1) is 10.1 Å². The van der Waals surface area contributed by atoms with Crippen LogP contribution in [0.15, 0.2) is 72.8 Å². The molecule has 6 nitrogen and oxygen atoms in total. The fourth-order valence-electron chi connectivity index (χ4n) is 3.03. The van der Waals surface area contributed by atoms with E-state index in [4.69, 9.17) is 0 Å². The molecule has 1 unspecified atom stereocenters. The molecule has 0 bridgehead atoms. The normalized spacial score (nSPS) is 15.5. The lowest BCUT2D eigenvalue weighted by Gasteiger charge is -2.28. The number of nitro groups is 1. The molecule has 128 valence electrons. The van der Waals surface area contributed by atoms with Gasteiger partial charge in [0.1, 0.15) is 6.17 Å². The third-order valence-electron chi connectivity index (χ3n) is 4.39. The van der Waals surface area contributed by atoms with Crippen molar-refractivity contribution in [2.75, 3.05) is 5.32 Å². The lowest BCUT2D eigenvalue weighted by atomic mass is 10.0. The number of benzene rings is 3. The Bertz CT molecular complexity index is 985. The molecule has 26 heavy (non-hydrogen) atoms. The molecule has 4 rings (SSSR count). The minimum atomic E-state index is -0.512. The Balaban J connectivity index is 1.60. The summed E-state index contributed by atoms with van der Waals surface area (Å²) >= 11 is 0. The second-order valence-corrected chi connectivity index (χ2v) is 6.03. The van der Waals surface area contributed by atoms with Gasteiger partial charge in [0.25, 0.3) is 11.6 Å². The van der Waals surface area contributed by atoms with Crippen molar-refractivity contribution in [2.24, 2.45) is 0 Å². The Morgan fingerprint density at radius 2 is 1.54 bits per heavy atom. The van der Waals surface area contributed by atoms with E-state index in [0.717, 1.165) is 16.7 Å². The third kappa shape index (κ3) is 2.88. The van der Waals surface area contributed by atoms with Gasteiger partial charge in [0.05, 0.1) is 10.5 Å². The van der Waals surface area contributed by atoms with Crippen LogP contribution in [0.5, 0.6) is 0 Å². The van der Waals surface area contributed by atoms with Crippen molar-refractivity contribution in [1.82, 2.24) is 5.32 Å². The summed E-state index contributed by atoms with van der Waals surface area (Å²) in [5.74, 6) is -0.334. The molecule has 3 aromatic carbocycles. The van der Waals surface area contributed by atoms with Crippen LogP contribution in [0.4, 0.5) is 11.4 Å². The number of non-ortho nitro benzene ring substituents is 1. The maximum atomic E-state index is 12.4. The first kappa shape index (κ1) is 15.8. The molecule has 1 amide bonds. The molecular weight excluding hydrogens is 330 g/mol.